The predicted molar refractivity (Wildman–Crippen MR) is 94.5 cm³/mol. The Morgan fingerprint density at radius 2 is 1.80 bits per heavy atom. The first-order chi connectivity index (χ1) is 11.9. The van der Waals surface area contributed by atoms with Gasteiger partial charge in [-0.2, -0.15) is 0 Å². The summed E-state index contributed by atoms with van der Waals surface area (Å²) in [5.74, 6) is -0.183. The zero-order chi connectivity index (χ0) is 18.4. The minimum Gasteiger partial charge on any atom is -0.497 e. The van der Waals surface area contributed by atoms with Crippen molar-refractivity contribution in [3.05, 3.63) is 53.6 Å². The van der Waals surface area contributed by atoms with Gasteiger partial charge in [-0.3, -0.25) is 4.79 Å². The fourth-order valence-electron chi connectivity index (χ4n) is 2.24. The maximum absolute atomic E-state index is 12.3. The van der Waals surface area contributed by atoms with E-state index < -0.39 is 5.97 Å². The summed E-state index contributed by atoms with van der Waals surface area (Å²) < 4.78 is 10.7. The first kappa shape index (κ1) is 18.3. The molecule has 132 valence electrons. The van der Waals surface area contributed by atoms with Gasteiger partial charge in [0.2, 0.25) is 5.91 Å². The van der Waals surface area contributed by atoms with Crippen LogP contribution in [0.3, 0.4) is 0 Å². The first-order valence-corrected chi connectivity index (χ1v) is 7.86. The average molecular weight is 343 g/mol. The van der Waals surface area contributed by atoms with Gasteiger partial charge in [0, 0.05) is 0 Å². The van der Waals surface area contributed by atoms with Crippen molar-refractivity contribution < 1.29 is 24.2 Å². The third-order valence-corrected chi connectivity index (χ3v) is 3.39. The van der Waals surface area contributed by atoms with Gasteiger partial charge in [-0.1, -0.05) is 12.1 Å². The van der Waals surface area contributed by atoms with Crippen molar-refractivity contribution in [2.75, 3.05) is 12.4 Å². The van der Waals surface area contributed by atoms with Crippen molar-refractivity contribution >= 4 is 17.6 Å². The standard InChI is InChI=1S/C19H21NO5/c1-12(2)25-17-9-6-14(19(22)23)11-16(17)20-18(21)10-13-4-7-15(24-3)8-5-13/h4-9,11-12H,10H2,1-3H3,(H,20,21)(H,22,23). The molecule has 1 amide bonds. The summed E-state index contributed by atoms with van der Waals surface area (Å²) in [5.41, 5.74) is 1.24. The fourth-order valence-corrected chi connectivity index (χ4v) is 2.24. The lowest BCUT2D eigenvalue weighted by atomic mass is 10.1. The number of rotatable bonds is 7. The number of hydrogen-bond donors (Lipinski definition) is 2. The lowest BCUT2D eigenvalue weighted by Gasteiger charge is -2.15. The highest BCUT2D eigenvalue weighted by atomic mass is 16.5. The quantitative estimate of drug-likeness (QED) is 0.805. The highest BCUT2D eigenvalue weighted by molar-refractivity contribution is 5.96. The van der Waals surface area contributed by atoms with E-state index in [4.69, 9.17) is 14.6 Å². The highest BCUT2D eigenvalue weighted by Gasteiger charge is 2.13. The summed E-state index contributed by atoms with van der Waals surface area (Å²) in [4.78, 5) is 23.5. The molecule has 0 saturated carbocycles. The van der Waals surface area contributed by atoms with Crippen LogP contribution in [0.15, 0.2) is 42.5 Å². The molecule has 0 heterocycles. The number of benzene rings is 2. The van der Waals surface area contributed by atoms with Crippen LogP contribution in [0.4, 0.5) is 5.69 Å². The molecule has 2 aromatic rings. The van der Waals surface area contributed by atoms with E-state index in [-0.39, 0.29) is 24.0 Å². The molecule has 6 heteroatoms. The molecule has 0 bridgehead atoms. The molecule has 2 rings (SSSR count). The Morgan fingerprint density at radius 1 is 1.12 bits per heavy atom. The smallest absolute Gasteiger partial charge is 0.335 e. The second-order valence-electron chi connectivity index (χ2n) is 5.76. The Balaban J connectivity index is 2.16. The fraction of sp³-hybridized carbons (Fsp3) is 0.263. The number of carbonyl (C=O) groups excluding carboxylic acids is 1. The van der Waals surface area contributed by atoms with E-state index in [0.717, 1.165) is 5.56 Å². The van der Waals surface area contributed by atoms with Gasteiger partial charge in [0.1, 0.15) is 11.5 Å². The van der Waals surface area contributed by atoms with Gasteiger partial charge in [0.05, 0.1) is 30.9 Å². The van der Waals surface area contributed by atoms with E-state index in [9.17, 15) is 9.59 Å². The van der Waals surface area contributed by atoms with Crippen LogP contribution in [0.5, 0.6) is 11.5 Å². The molecule has 25 heavy (non-hydrogen) atoms. The summed E-state index contributed by atoms with van der Waals surface area (Å²) in [6, 6.07) is 11.6. The Labute approximate surface area is 146 Å². The van der Waals surface area contributed by atoms with Gasteiger partial charge in [0.25, 0.3) is 0 Å². The maximum atomic E-state index is 12.3. The third kappa shape index (κ3) is 5.24. The number of ether oxygens (including phenoxy) is 2. The van der Waals surface area contributed by atoms with E-state index in [1.807, 2.05) is 13.8 Å². The van der Waals surface area contributed by atoms with E-state index in [1.165, 1.54) is 12.1 Å². The molecule has 0 saturated heterocycles. The minimum atomic E-state index is -1.07. The summed E-state index contributed by atoms with van der Waals surface area (Å²) >= 11 is 0. The number of nitrogens with one attached hydrogen (secondary N) is 1. The number of hydrogen-bond acceptors (Lipinski definition) is 4. The average Bonchev–Trinajstić information content (AvgIpc) is 2.56. The molecule has 6 nitrogen and oxygen atoms in total. The number of aromatic carboxylic acids is 1. The van der Waals surface area contributed by atoms with Crippen LogP contribution in [-0.2, 0) is 11.2 Å². The second kappa shape index (κ2) is 8.19. The monoisotopic (exact) mass is 343 g/mol. The molecular weight excluding hydrogens is 322 g/mol. The molecule has 0 spiro atoms. The summed E-state index contributed by atoms with van der Waals surface area (Å²) in [7, 11) is 1.58. The lowest BCUT2D eigenvalue weighted by molar-refractivity contribution is -0.115. The highest BCUT2D eigenvalue weighted by Crippen LogP contribution is 2.27. The van der Waals surface area contributed by atoms with Crippen LogP contribution < -0.4 is 14.8 Å². The number of methoxy groups -OCH3 is 1. The molecule has 0 aromatic heterocycles. The molecular formula is C19H21NO5. The Kier molecular flexibility index (Phi) is 6.00. The molecule has 0 aliphatic carbocycles. The Morgan fingerprint density at radius 3 is 2.36 bits per heavy atom. The normalized spacial score (nSPS) is 10.4. The van der Waals surface area contributed by atoms with Crippen molar-refractivity contribution in [2.45, 2.75) is 26.4 Å². The maximum Gasteiger partial charge on any atom is 0.335 e. The summed E-state index contributed by atoms with van der Waals surface area (Å²) in [6.07, 6.45) is 0.0514. The summed E-state index contributed by atoms with van der Waals surface area (Å²) in [5, 5.41) is 11.9. The van der Waals surface area contributed by atoms with Gasteiger partial charge in [-0.05, 0) is 49.7 Å². The number of carboxylic acid groups (broad SMARTS) is 1. The van der Waals surface area contributed by atoms with Gasteiger partial charge in [0.15, 0.2) is 0 Å². The van der Waals surface area contributed by atoms with E-state index in [1.54, 1.807) is 37.4 Å². The number of carbonyl (C=O) groups is 2. The minimum absolute atomic E-state index is 0.0795. The zero-order valence-corrected chi connectivity index (χ0v) is 14.4. The van der Waals surface area contributed by atoms with E-state index >= 15 is 0 Å². The van der Waals surface area contributed by atoms with Crippen LogP contribution in [0.2, 0.25) is 0 Å². The third-order valence-electron chi connectivity index (χ3n) is 3.39. The Bertz CT molecular complexity index is 753. The Hall–Kier alpha value is -3.02. The molecule has 0 aliphatic heterocycles. The molecule has 0 atom stereocenters. The molecule has 0 aliphatic rings. The first-order valence-electron chi connectivity index (χ1n) is 7.86. The largest absolute Gasteiger partial charge is 0.497 e. The van der Waals surface area contributed by atoms with Crippen molar-refractivity contribution in [1.29, 1.82) is 0 Å². The lowest BCUT2D eigenvalue weighted by Crippen LogP contribution is -2.17. The number of amides is 1. The number of anilines is 1. The molecule has 2 aromatic carbocycles. The van der Waals surface area contributed by atoms with Gasteiger partial charge in [-0.25, -0.2) is 4.79 Å². The SMILES string of the molecule is COc1ccc(CC(=O)Nc2cc(C(=O)O)ccc2OC(C)C)cc1. The van der Waals surface area contributed by atoms with Crippen molar-refractivity contribution in [1.82, 2.24) is 0 Å². The van der Waals surface area contributed by atoms with Gasteiger partial charge in [-0.15, -0.1) is 0 Å². The van der Waals surface area contributed by atoms with Crippen LogP contribution in [0.25, 0.3) is 0 Å². The van der Waals surface area contributed by atoms with Crippen LogP contribution in [0.1, 0.15) is 29.8 Å². The van der Waals surface area contributed by atoms with E-state index in [0.29, 0.717) is 17.2 Å². The second-order valence-corrected chi connectivity index (χ2v) is 5.76. The van der Waals surface area contributed by atoms with E-state index in [2.05, 4.69) is 5.32 Å². The van der Waals surface area contributed by atoms with Crippen molar-refractivity contribution in [3.8, 4) is 11.5 Å². The van der Waals surface area contributed by atoms with Gasteiger partial charge < -0.3 is 19.9 Å². The molecule has 2 N–H and O–H groups in total. The van der Waals surface area contributed by atoms with Gasteiger partial charge >= 0.3 is 5.97 Å². The predicted octanol–water partition coefficient (Wildman–Crippen LogP) is 3.36. The topological polar surface area (TPSA) is 84.9 Å². The molecule has 0 unspecified atom stereocenters. The van der Waals surface area contributed by atoms with Crippen LogP contribution >= 0.6 is 0 Å². The summed E-state index contributed by atoms with van der Waals surface area (Å²) in [6.45, 7) is 3.71. The zero-order valence-electron chi connectivity index (χ0n) is 14.4. The van der Waals surface area contributed by atoms with Crippen molar-refractivity contribution in [2.24, 2.45) is 0 Å². The molecule has 0 fully saturated rings. The van der Waals surface area contributed by atoms with Crippen molar-refractivity contribution in [3.63, 3.8) is 0 Å². The number of carboxylic acids is 1. The molecule has 0 radical (unpaired) electrons. The van der Waals surface area contributed by atoms with Crippen LogP contribution in [0, 0.1) is 0 Å². The van der Waals surface area contributed by atoms with Crippen LogP contribution in [-0.4, -0.2) is 30.2 Å².